The summed E-state index contributed by atoms with van der Waals surface area (Å²) in [5.41, 5.74) is 0. The Morgan fingerprint density at radius 2 is 1.80 bits per heavy atom. The highest BCUT2D eigenvalue weighted by Crippen LogP contribution is 2.21. The van der Waals surface area contributed by atoms with Crippen LogP contribution in [0.4, 0.5) is 0 Å². The van der Waals surface area contributed by atoms with Crippen LogP contribution in [0.25, 0.3) is 0 Å². The second kappa shape index (κ2) is 9.30. The zero-order chi connectivity index (χ0) is 18.2. The summed E-state index contributed by atoms with van der Waals surface area (Å²) in [6.07, 6.45) is 1.79. The van der Waals surface area contributed by atoms with Gasteiger partial charge in [0.05, 0.1) is 7.11 Å². The van der Waals surface area contributed by atoms with Gasteiger partial charge in [-0.05, 0) is 50.5 Å². The molecule has 0 aromatic heterocycles. The SMILES string of the molecule is CCCNC(=O)C1CCN(C(=O)C(C)Oc2ccc(OC)cc2)CC1. The van der Waals surface area contributed by atoms with Crippen molar-refractivity contribution in [2.75, 3.05) is 26.7 Å². The number of nitrogens with one attached hydrogen (secondary N) is 1. The molecule has 1 aromatic carbocycles. The summed E-state index contributed by atoms with van der Waals surface area (Å²) < 4.78 is 10.8. The molecule has 0 bridgehead atoms. The summed E-state index contributed by atoms with van der Waals surface area (Å²) in [7, 11) is 1.61. The number of piperidine rings is 1. The lowest BCUT2D eigenvalue weighted by Crippen LogP contribution is -2.47. The summed E-state index contributed by atoms with van der Waals surface area (Å²) >= 11 is 0. The average molecular weight is 348 g/mol. The maximum absolute atomic E-state index is 12.5. The largest absolute Gasteiger partial charge is 0.497 e. The molecule has 0 spiro atoms. The molecule has 0 aliphatic carbocycles. The number of likely N-dealkylation sites (tertiary alicyclic amines) is 1. The van der Waals surface area contributed by atoms with E-state index < -0.39 is 6.10 Å². The van der Waals surface area contributed by atoms with Crippen LogP contribution < -0.4 is 14.8 Å². The van der Waals surface area contributed by atoms with Crippen molar-refractivity contribution < 1.29 is 19.1 Å². The van der Waals surface area contributed by atoms with E-state index in [1.807, 2.05) is 6.92 Å². The number of nitrogens with zero attached hydrogens (tertiary/aromatic N) is 1. The van der Waals surface area contributed by atoms with Gasteiger partial charge in [0.2, 0.25) is 5.91 Å². The molecule has 1 saturated heterocycles. The quantitative estimate of drug-likeness (QED) is 0.820. The molecule has 1 aromatic rings. The highest BCUT2D eigenvalue weighted by atomic mass is 16.5. The molecule has 1 unspecified atom stereocenters. The van der Waals surface area contributed by atoms with E-state index in [0.29, 0.717) is 38.2 Å². The van der Waals surface area contributed by atoms with E-state index >= 15 is 0 Å². The first-order valence-corrected chi connectivity index (χ1v) is 8.92. The van der Waals surface area contributed by atoms with Gasteiger partial charge < -0.3 is 19.7 Å². The highest BCUT2D eigenvalue weighted by Gasteiger charge is 2.29. The van der Waals surface area contributed by atoms with Gasteiger partial charge in [-0.2, -0.15) is 0 Å². The maximum atomic E-state index is 12.5. The monoisotopic (exact) mass is 348 g/mol. The van der Waals surface area contributed by atoms with Crippen LogP contribution in [0.1, 0.15) is 33.1 Å². The standard InChI is InChI=1S/C19H28N2O4/c1-4-11-20-18(22)15-9-12-21(13-10-15)19(23)14(2)25-17-7-5-16(24-3)6-8-17/h5-8,14-15H,4,9-13H2,1-3H3,(H,20,22). The molecule has 0 saturated carbocycles. The molecular weight excluding hydrogens is 320 g/mol. The molecule has 2 amide bonds. The third-order valence-electron chi connectivity index (χ3n) is 4.45. The number of ether oxygens (including phenoxy) is 2. The molecule has 1 aliphatic rings. The van der Waals surface area contributed by atoms with E-state index in [4.69, 9.17) is 9.47 Å². The zero-order valence-electron chi connectivity index (χ0n) is 15.3. The van der Waals surface area contributed by atoms with Crippen LogP contribution in [-0.2, 0) is 9.59 Å². The van der Waals surface area contributed by atoms with Crippen molar-refractivity contribution in [3.8, 4) is 11.5 Å². The molecule has 1 atom stereocenters. The van der Waals surface area contributed by atoms with Crippen LogP contribution in [0.3, 0.4) is 0 Å². The van der Waals surface area contributed by atoms with E-state index in [-0.39, 0.29) is 17.7 Å². The lowest BCUT2D eigenvalue weighted by Gasteiger charge is -2.33. The minimum Gasteiger partial charge on any atom is -0.497 e. The van der Waals surface area contributed by atoms with Gasteiger partial charge in [0.25, 0.3) is 5.91 Å². The Morgan fingerprint density at radius 3 is 2.36 bits per heavy atom. The van der Waals surface area contributed by atoms with Crippen molar-refractivity contribution in [2.24, 2.45) is 5.92 Å². The van der Waals surface area contributed by atoms with Gasteiger partial charge in [-0.3, -0.25) is 9.59 Å². The van der Waals surface area contributed by atoms with Crippen molar-refractivity contribution in [3.05, 3.63) is 24.3 Å². The van der Waals surface area contributed by atoms with E-state index in [1.54, 1.807) is 43.2 Å². The highest BCUT2D eigenvalue weighted by molar-refractivity contribution is 5.82. The molecule has 6 nitrogen and oxygen atoms in total. The first-order chi connectivity index (χ1) is 12.0. The fraction of sp³-hybridized carbons (Fsp3) is 0.579. The van der Waals surface area contributed by atoms with Crippen LogP contribution in [0.15, 0.2) is 24.3 Å². The number of amides is 2. The summed E-state index contributed by atoms with van der Waals surface area (Å²) in [6.45, 7) is 5.70. The molecule has 138 valence electrons. The predicted octanol–water partition coefficient (Wildman–Crippen LogP) is 2.23. The van der Waals surface area contributed by atoms with Gasteiger partial charge in [0, 0.05) is 25.6 Å². The molecule has 0 radical (unpaired) electrons. The van der Waals surface area contributed by atoms with Crippen LogP contribution in [0, 0.1) is 5.92 Å². The predicted molar refractivity (Wildman–Crippen MR) is 95.7 cm³/mol. The molecule has 1 heterocycles. The van der Waals surface area contributed by atoms with E-state index in [2.05, 4.69) is 5.32 Å². The number of hydrogen-bond acceptors (Lipinski definition) is 4. The summed E-state index contributed by atoms with van der Waals surface area (Å²) in [5.74, 6) is 1.46. The molecule has 25 heavy (non-hydrogen) atoms. The molecule has 1 aliphatic heterocycles. The van der Waals surface area contributed by atoms with Crippen molar-refractivity contribution in [1.82, 2.24) is 10.2 Å². The minimum atomic E-state index is -0.557. The van der Waals surface area contributed by atoms with Crippen LogP contribution in [0.2, 0.25) is 0 Å². The van der Waals surface area contributed by atoms with Crippen molar-refractivity contribution in [2.45, 2.75) is 39.2 Å². The number of rotatable bonds is 7. The van der Waals surface area contributed by atoms with Crippen LogP contribution in [-0.4, -0.2) is 49.6 Å². The van der Waals surface area contributed by atoms with Crippen molar-refractivity contribution >= 4 is 11.8 Å². The number of hydrogen-bond donors (Lipinski definition) is 1. The lowest BCUT2D eigenvalue weighted by atomic mass is 9.95. The maximum Gasteiger partial charge on any atom is 0.263 e. The van der Waals surface area contributed by atoms with Gasteiger partial charge in [-0.25, -0.2) is 0 Å². The smallest absolute Gasteiger partial charge is 0.263 e. The van der Waals surface area contributed by atoms with Gasteiger partial charge in [0.15, 0.2) is 6.10 Å². The Hall–Kier alpha value is -2.24. The topological polar surface area (TPSA) is 67.9 Å². The Balaban J connectivity index is 1.81. The molecule has 2 rings (SSSR count). The Bertz CT molecular complexity index is 565. The zero-order valence-corrected chi connectivity index (χ0v) is 15.3. The fourth-order valence-electron chi connectivity index (χ4n) is 2.92. The molecule has 1 N–H and O–H groups in total. The third-order valence-corrected chi connectivity index (χ3v) is 4.45. The average Bonchev–Trinajstić information content (AvgIpc) is 2.66. The van der Waals surface area contributed by atoms with Gasteiger partial charge in [0.1, 0.15) is 11.5 Å². The number of carbonyl (C=O) groups is 2. The number of benzene rings is 1. The van der Waals surface area contributed by atoms with E-state index in [1.165, 1.54) is 0 Å². The van der Waals surface area contributed by atoms with Crippen molar-refractivity contribution in [3.63, 3.8) is 0 Å². The number of methoxy groups -OCH3 is 1. The van der Waals surface area contributed by atoms with Gasteiger partial charge in [-0.15, -0.1) is 0 Å². The van der Waals surface area contributed by atoms with Crippen LogP contribution in [0.5, 0.6) is 11.5 Å². The molecule has 6 heteroatoms. The lowest BCUT2D eigenvalue weighted by molar-refractivity contribution is -0.141. The summed E-state index contributed by atoms with van der Waals surface area (Å²) in [6, 6.07) is 7.17. The van der Waals surface area contributed by atoms with Crippen molar-refractivity contribution in [1.29, 1.82) is 0 Å². The van der Waals surface area contributed by atoms with Gasteiger partial charge in [-0.1, -0.05) is 6.92 Å². The Morgan fingerprint density at radius 1 is 1.20 bits per heavy atom. The number of carbonyl (C=O) groups excluding carboxylic acids is 2. The summed E-state index contributed by atoms with van der Waals surface area (Å²) in [4.78, 5) is 26.4. The second-order valence-electron chi connectivity index (χ2n) is 6.33. The van der Waals surface area contributed by atoms with Crippen LogP contribution >= 0.6 is 0 Å². The summed E-state index contributed by atoms with van der Waals surface area (Å²) in [5, 5.41) is 2.93. The second-order valence-corrected chi connectivity index (χ2v) is 6.33. The molecule has 1 fully saturated rings. The third kappa shape index (κ3) is 5.37. The molecular formula is C19H28N2O4. The van der Waals surface area contributed by atoms with E-state index in [9.17, 15) is 9.59 Å². The van der Waals surface area contributed by atoms with Gasteiger partial charge >= 0.3 is 0 Å². The Labute approximate surface area is 149 Å². The first-order valence-electron chi connectivity index (χ1n) is 8.92. The fourth-order valence-corrected chi connectivity index (χ4v) is 2.92. The van der Waals surface area contributed by atoms with E-state index in [0.717, 1.165) is 12.2 Å². The first kappa shape index (κ1) is 19.1. The normalized spacial score (nSPS) is 16.2. The Kier molecular flexibility index (Phi) is 7.10. The minimum absolute atomic E-state index is 0.00779.